The van der Waals surface area contributed by atoms with Crippen LogP contribution in [0, 0.1) is 0 Å². The topological polar surface area (TPSA) is 88.1 Å². The van der Waals surface area contributed by atoms with Crippen LogP contribution < -0.4 is 15.0 Å². The van der Waals surface area contributed by atoms with Gasteiger partial charge in [-0.1, -0.05) is 48.5 Å². The third-order valence-corrected chi connectivity index (χ3v) is 5.44. The van der Waals surface area contributed by atoms with Crippen LogP contribution in [0.2, 0.25) is 0 Å². The molecule has 0 bridgehead atoms. The van der Waals surface area contributed by atoms with Crippen molar-refractivity contribution >= 4 is 28.3 Å². The second-order valence-electron chi connectivity index (χ2n) is 7.71. The van der Waals surface area contributed by atoms with Crippen molar-refractivity contribution in [2.75, 3.05) is 37.7 Å². The summed E-state index contributed by atoms with van der Waals surface area (Å²) in [5, 5.41) is 14.7. The van der Waals surface area contributed by atoms with E-state index in [2.05, 4.69) is 41.7 Å². The van der Waals surface area contributed by atoms with Gasteiger partial charge in [-0.15, -0.1) is 0 Å². The zero-order chi connectivity index (χ0) is 22.3. The SMILES string of the molecule is O=C(O)COc1cccc(N2CC(CNCCc3cccc4ccccc34)OCC2=O)c1. The monoisotopic (exact) mass is 434 g/mol. The van der Waals surface area contributed by atoms with E-state index in [1.54, 1.807) is 23.1 Å². The average Bonchev–Trinajstić information content (AvgIpc) is 2.81. The number of nitrogens with zero attached hydrogens (tertiary/aromatic N) is 1. The van der Waals surface area contributed by atoms with Gasteiger partial charge in [0.05, 0.1) is 12.6 Å². The highest BCUT2D eigenvalue weighted by Gasteiger charge is 2.27. The minimum Gasteiger partial charge on any atom is -0.482 e. The lowest BCUT2D eigenvalue weighted by molar-refractivity contribution is -0.139. The second-order valence-corrected chi connectivity index (χ2v) is 7.71. The summed E-state index contributed by atoms with van der Waals surface area (Å²) in [4.78, 5) is 24.8. The largest absolute Gasteiger partial charge is 0.482 e. The molecule has 1 heterocycles. The molecule has 7 nitrogen and oxygen atoms in total. The number of benzene rings is 3. The van der Waals surface area contributed by atoms with Crippen LogP contribution in [0.5, 0.6) is 5.75 Å². The van der Waals surface area contributed by atoms with E-state index in [9.17, 15) is 9.59 Å². The van der Waals surface area contributed by atoms with Crippen LogP contribution in [0.25, 0.3) is 10.8 Å². The number of ether oxygens (including phenoxy) is 2. The fourth-order valence-corrected chi connectivity index (χ4v) is 3.88. The summed E-state index contributed by atoms with van der Waals surface area (Å²) in [6.45, 7) is 1.44. The number of carboxylic acid groups (broad SMARTS) is 1. The first-order valence-electron chi connectivity index (χ1n) is 10.6. The van der Waals surface area contributed by atoms with Crippen molar-refractivity contribution in [2.24, 2.45) is 0 Å². The van der Waals surface area contributed by atoms with Crippen LogP contribution in [0.4, 0.5) is 5.69 Å². The molecule has 166 valence electrons. The van der Waals surface area contributed by atoms with E-state index in [0.29, 0.717) is 24.5 Å². The summed E-state index contributed by atoms with van der Waals surface area (Å²) in [6.07, 6.45) is 0.767. The second kappa shape index (κ2) is 10.3. The van der Waals surface area contributed by atoms with Crippen LogP contribution in [0.3, 0.4) is 0 Å². The molecule has 1 fully saturated rings. The van der Waals surface area contributed by atoms with Crippen LogP contribution in [0.15, 0.2) is 66.7 Å². The summed E-state index contributed by atoms with van der Waals surface area (Å²) in [6, 6.07) is 21.6. The zero-order valence-corrected chi connectivity index (χ0v) is 17.7. The maximum absolute atomic E-state index is 12.4. The lowest BCUT2D eigenvalue weighted by Gasteiger charge is -2.33. The number of anilines is 1. The molecule has 1 aliphatic rings. The van der Waals surface area contributed by atoms with Gasteiger partial charge in [0.2, 0.25) is 0 Å². The number of amides is 1. The van der Waals surface area contributed by atoms with E-state index in [1.807, 2.05) is 12.1 Å². The first-order valence-corrected chi connectivity index (χ1v) is 10.6. The van der Waals surface area contributed by atoms with Crippen molar-refractivity contribution in [2.45, 2.75) is 12.5 Å². The van der Waals surface area contributed by atoms with E-state index in [1.165, 1.54) is 16.3 Å². The van der Waals surface area contributed by atoms with E-state index in [-0.39, 0.29) is 18.6 Å². The number of carbonyl (C=O) groups is 2. The normalized spacial score (nSPS) is 16.3. The highest BCUT2D eigenvalue weighted by Crippen LogP contribution is 2.24. The van der Waals surface area contributed by atoms with Gasteiger partial charge in [-0.2, -0.15) is 0 Å². The third-order valence-electron chi connectivity index (χ3n) is 5.44. The molecular formula is C25H26N2O5. The fourth-order valence-electron chi connectivity index (χ4n) is 3.88. The predicted molar refractivity (Wildman–Crippen MR) is 122 cm³/mol. The van der Waals surface area contributed by atoms with Crippen molar-refractivity contribution in [1.29, 1.82) is 0 Å². The standard InChI is InChI=1S/C25H26N2O5/c28-24-16-31-22(15-27(24)20-8-4-9-21(13-20)32-17-25(29)30)14-26-12-11-19-7-3-6-18-5-1-2-10-23(18)19/h1-10,13,22,26H,11-12,14-17H2,(H,29,30). The molecule has 0 aliphatic carbocycles. The molecule has 0 radical (unpaired) electrons. The summed E-state index contributed by atoms with van der Waals surface area (Å²) in [5.41, 5.74) is 1.97. The lowest BCUT2D eigenvalue weighted by Crippen LogP contribution is -2.50. The Morgan fingerprint density at radius 2 is 1.94 bits per heavy atom. The number of aliphatic carboxylic acids is 1. The van der Waals surface area contributed by atoms with Gasteiger partial charge in [0.15, 0.2) is 6.61 Å². The molecule has 1 saturated heterocycles. The fraction of sp³-hybridized carbons (Fsp3) is 0.280. The van der Waals surface area contributed by atoms with Gasteiger partial charge in [0.25, 0.3) is 5.91 Å². The molecule has 1 aliphatic heterocycles. The van der Waals surface area contributed by atoms with E-state index >= 15 is 0 Å². The van der Waals surface area contributed by atoms with Gasteiger partial charge in [0.1, 0.15) is 12.4 Å². The van der Waals surface area contributed by atoms with Gasteiger partial charge < -0.3 is 24.8 Å². The molecule has 0 aromatic heterocycles. The van der Waals surface area contributed by atoms with Crippen LogP contribution >= 0.6 is 0 Å². The first kappa shape index (κ1) is 21.8. The van der Waals surface area contributed by atoms with Gasteiger partial charge in [0, 0.05) is 18.3 Å². The molecular weight excluding hydrogens is 408 g/mol. The lowest BCUT2D eigenvalue weighted by atomic mass is 10.0. The molecule has 1 amide bonds. The Labute approximate surface area is 186 Å². The summed E-state index contributed by atoms with van der Waals surface area (Å²) in [5.74, 6) is -0.770. The zero-order valence-electron chi connectivity index (χ0n) is 17.7. The molecule has 2 N–H and O–H groups in total. The number of nitrogens with one attached hydrogen (secondary N) is 1. The highest BCUT2D eigenvalue weighted by molar-refractivity contribution is 5.95. The number of morpholine rings is 1. The Hall–Kier alpha value is -3.42. The van der Waals surface area contributed by atoms with E-state index < -0.39 is 12.6 Å². The molecule has 1 atom stereocenters. The maximum Gasteiger partial charge on any atom is 0.341 e. The predicted octanol–water partition coefficient (Wildman–Crippen LogP) is 2.87. The first-order chi connectivity index (χ1) is 15.6. The Morgan fingerprint density at radius 3 is 2.81 bits per heavy atom. The number of hydrogen-bond donors (Lipinski definition) is 2. The van der Waals surface area contributed by atoms with Crippen LogP contribution in [-0.2, 0) is 20.7 Å². The summed E-state index contributed by atoms with van der Waals surface area (Å²) >= 11 is 0. The maximum atomic E-state index is 12.4. The number of carbonyl (C=O) groups excluding carboxylic acids is 1. The Morgan fingerprint density at radius 1 is 1.12 bits per heavy atom. The van der Waals surface area contributed by atoms with Crippen molar-refractivity contribution in [3.8, 4) is 5.75 Å². The molecule has 32 heavy (non-hydrogen) atoms. The third kappa shape index (κ3) is 5.43. The van der Waals surface area contributed by atoms with E-state index in [4.69, 9.17) is 14.6 Å². The minimum absolute atomic E-state index is 0.00980. The molecule has 3 aromatic carbocycles. The Balaban J connectivity index is 1.31. The van der Waals surface area contributed by atoms with E-state index in [0.717, 1.165) is 13.0 Å². The van der Waals surface area contributed by atoms with Gasteiger partial charge in [-0.3, -0.25) is 4.79 Å². The van der Waals surface area contributed by atoms with Crippen molar-refractivity contribution in [1.82, 2.24) is 5.32 Å². The number of carboxylic acids is 1. The molecule has 4 rings (SSSR count). The number of hydrogen-bond acceptors (Lipinski definition) is 5. The number of rotatable bonds is 9. The van der Waals surface area contributed by atoms with Gasteiger partial charge in [-0.05, 0) is 41.4 Å². The van der Waals surface area contributed by atoms with Crippen LogP contribution in [0.1, 0.15) is 5.56 Å². The number of fused-ring (bicyclic) bond motifs is 1. The molecule has 1 unspecified atom stereocenters. The van der Waals surface area contributed by atoms with Crippen molar-refractivity contribution in [3.05, 3.63) is 72.3 Å². The van der Waals surface area contributed by atoms with Gasteiger partial charge in [-0.25, -0.2) is 4.79 Å². The molecule has 0 spiro atoms. The van der Waals surface area contributed by atoms with Crippen LogP contribution in [-0.4, -0.2) is 55.9 Å². The molecule has 7 heteroatoms. The molecule has 0 saturated carbocycles. The smallest absolute Gasteiger partial charge is 0.341 e. The molecule has 3 aromatic rings. The quantitative estimate of drug-likeness (QED) is 0.504. The van der Waals surface area contributed by atoms with Gasteiger partial charge >= 0.3 is 5.97 Å². The average molecular weight is 434 g/mol. The van der Waals surface area contributed by atoms with Crippen molar-refractivity contribution < 1.29 is 24.2 Å². The summed E-state index contributed by atoms with van der Waals surface area (Å²) < 4.78 is 10.9. The van der Waals surface area contributed by atoms with Crippen molar-refractivity contribution in [3.63, 3.8) is 0 Å². The Kier molecular flexibility index (Phi) is 6.99. The minimum atomic E-state index is -1.05. The summed E-state index contributed by atoms with van der Waals surface area (Å²) in [7, 11) is 0. The Bertz CT molecular complexity index is 1100. The highest BCUT2D eigenvalue weighted by atomic mass is 16.5.